The van der Waals surface area contributed by atoms with Crippen molar-refractivity contribution in [3.8, 4) is 33.8 Å². The molecule has 2 atom stereocenters. The quantitative estimate of drug-likeness (QED) is 0.194. The summed E-state index contributed by atoms with van der Waals surface area (Å²) in [6, 6.07) is 59.7. The van der Waals surface area contributed by atoms with Crippen LogP contribution < -0.4 is 10.1 Å². The minimum Gasteiger partial charge on any atom is -0.457 e. The van der Waals surface area contributed by atoms with E-state index in [0.717, 1.165) is 63.6 Å². The van der Waals surface area contributed by atoms with Crippen molar-refractivity contribution in [1.29, 1.82) is 0 Å². The van der Waals surface area contributed by atoms with E-state index in [9.17, 15) is 0 Å². The normalized spacial score (nSPS) is 19.9. The van der Waals surface area contributed by atoms with Gasteiger partial charge in [-0.15, -0.1) is 0 Å². The Balaban J connectivity index is 1.02. The highest BCUT2D eigenvalue weighted by Gasteiger charge is 2.52. The number of fused-ring (bicyclic) bond motifs is 11. The molecule has 2 unspecified atom stereocenters. The maximum absolute atomic E-state index is 6.80. The first-order valence-electron chi connectivity index (χ1n) is 20.9. The summed E-state index contributed by atoms with van der Waals surface area (Å²) >= 11 is 0. The van der Waals surface area contributed by atoms with Gasteiger partial charge in [-0.05, 0) is 104 Å². The van der Waals surface area contributed by atoms with E-state index in [4.69, 9.17) is 9.73 Å². The molecule has 1 N–H and O–H groups in total. The number of nitrogens with zero attached hydrogens (tertiary/aromatic N) is 1. The van der Waals surface area contributed by atoms with Gasteiger partial charge in [0.2, 0.25) is 0 Å². The van der Waals surface area contributed by atoms with E-state index in [1.54, 1.807) is 0 Å². The maximum Gasteiger partial charge on any atom is 0.146 e. The van der Waals surface area contributed by atoms with Crippen molar-refractivity contribution in [2.24, 2.45) is 4.99 Å². The minimum absolute atomic E-state index is 0.106. The zero-order chi connectivity index (χ0) is 39.3. The molecule has 0 saturated heterocycles. The van der Waals surface area contributed by atoms with Crippen molar-refractivity contribution in [2.75, 3.05) is 0 Å². The molecule has 1 spiro atoms. The van der Waals surface area contributed by atoms with E-state index in [1.807, 2.05) is 0 Å². The predicted molar refractivity (Wildman–Crippen MR) is 241 cm³/mol. The number of rotatable bonds is 4. The summed E-state index contributed by atoms with van der Waals surface area (Å²) in [7, 11) is 0. The summed E-state index contributed by atoms with van der Waals surface area (Å²) in [5.41, 5.74) is 20.3. The fourth-order valence-corrected chi connectivity index (χ4v) is 10.8. The molecule has 7 aromatic rings. The van der Waals surface area contributed by atoms with Gasteiger partial charge in [-0.3, -0.25) is 4.99 Å². The van der Waals surface area contributed by atoms with Crippen LogP contribution in [0.3, 0.4) is 0 Å². The molecule has 0 saturated carbocycles. The van der Waals surface area contributed by atoms with Crippen molar-refractivity contribution >= 4 is 17.0 Å². The molecule has 2 heterocycles. The van der Waals surface area contributed by atoms with Gasteiger partial charge in [-0.1, -0.05) is 166 Å². The van der Waals surface area contributed by atoms with Gasteiger partial charge in [-0.25, -0.2) is 0 Å². The van der Waals surface area contributed by atoms with Crippen LogP contribution in [0, 0.1) is 0 Å². The average Bonchev–Trinajstić information content (AvgIpc) is 3.72. The highest BCUT2D eigenvalue weighted by Crippen LogP contribution is 2.63. The molecule has 5 aliphatic rings. The molecule has 3 heteroatoms. The number of para-hydroxylation sites is 1. The van der Waals surface area contributed by atoms with Gasteiger partial charge in [-0.2, -0.15) is 0 Å². The highest BCUT2D eigenvalue weighted by atomic mass is 16.5. The van der Waals surface area contributed by atoms with Crippen molar-refractivity contribution in [1.82, 2.24) is 5.32 Å². The predicted octanol–water partition coefficient (Wildman–Crippen LogP) is 13.3. The van der Waals surface area contributed by atoms with Gasteiger partial charge in [0.1, 0.15) is 17.7 Å². The van der Waals surface area contributed by atoms with E-state index in [1.165, 1.54) is 55.7 Å². The third-order valence-electron chi connectivity index (χ3n) is 13.5. The van der Waals surface area contributed by atoms with E-state index in [-0.39, 0.29) is 11.6 Å². The lowest BCUT2D eigenvalue weighted by atomic mass is 9.64. The fraction of sp³-hybridized carbons (Fsp3) is 0.125. The molecule has 59 heavy (non-hydrogen) atoms. The molecule has 0 radical (unpaired) electrons. The molecule has 3 nitrogen and oxygen atoms in total. The number of nitrogens with one attached hydrogen (secondary N) is 1. The summed E-state index contributed by atoms with van der Waals surface area (Å²) in [5.74, 6) is 1.82. The van der Waals surface area contributed by atoms with Crippen molar-refractivity contribution in [3.05, 3.63) is 238 Å². The molecular formula is C56H42N2O. The smallest absolute Gasteiger partial charge is 0.146 e. The summed E-state index contributed by atoms with van der Waals surface area (Å²) < 4.78 is 6.80. The van der Waals surface area contributed by atoms with Crippen molar-refractivity contribution < 1.29 is 4.74 Å². The van der Waals surface area contributed by atoms with E-state index < -0.39 is 5.41 Å². The lowest BCUT2D eigenvalue weighted by molar-refractivity contribution is 0.435. The van der Waals surface area contributed by atoms with Gasteiger partial charge < -0.3 is 10.1 Å². The molecule has 7 aromatic carbocycles. The van der Waals surface area contributed by atoms with Crippen LogP contribution in [0.25, 0.3) is 33.5 Å². The second-order valence-electron chi connectivity index (χ2n) is 16.9. The zero-order valence-electron chi connectivity index (χ0n) is 33.2. The molecule has 12 rings (SSSR count). The highest BCUT2D eigenvalue weighted by molar-refractivity contribution is 6.13. The Morgan fingerprint density at radius 2 is 1.22 bits per heavy atom. The van der Waals surface area contributed by atoms with Gasteiger partial charge in [0.05, 0.1) is 11.1 Å². The van der Waals surface area contributed by atoms with Gasteiger partial charge >= 0.3 is 0 Å². The summed E-state index contributed by atoms with van der Waals surface area (Å²) in [5, 5.41) is 3.89. The van der Waals surface area contributed by atoms with Crippen LogP contribution >= 0.6 is 0 Å². The zero-order valence-corrected chi connectivity index (χ0v) is 33.2. The van der Waals surface area contributed by atoms with Crippen LogP contribution in [0.4, 0.5) is 0 Å². The lowest BCUT2D eigenvalue weighted by Gasteiger charge is -2.40. The van der Waals surface area contributed by atoms with Crippen LogP contribution in [0.1, 0.15) is 82.9 Å². The first-order chi connectivity index (χ1) is 29.0. The van der Waals surface area contributed by atoms with Gasteiger partial charge in [0.15, 0.2) is 0 Å². The fourth-order valence-electron chi connectivity index (χ4n) is 10.8. The Morgan fingerprint density at radius 1 is 0.559 bits per heavy atom. The topological polar surface area (TPSA) is 33.6 Å². The molecule has 0 bridgehead atoms. The Morgan fingerprint density at radius 3 is 2.08 bits per heavy atom. The molecule has 0 fully saturated rings. The number of hydrogen-bond donors (Lipinski definition) is 1. The average molecular weight is 759 g/mol. The number of hydrogen-bond acceptors (Lipinski definition) is 3. The van der Waals surface area contributed by atoms with Crippen molar-refractivity contribution in [2.45, 2.75) is 43.7 Å². The molecule has 282 valence electrons. The Hall–Kier alpha value is -6.97. The van der Waals surface area contributed by atoms with Crippen LogP contribution in [0.15, 0.2) is 193 Å². The van der Waals surface area contributed by atoms with Crippen LogP contribution in [0.5, 0.6) is 11.5 Å². The molecule has 0 amide bonds. The first kappa shape index (κ1) is 34.1. The standard InChI is InChI=1S/C56H42N2O/c1-55(2)44-23-11-8-19-39(44)42-30-28-37(33-48(42)55)51-34-50(35-16-4-3-5-17-35)57-54(58-51)43-22-7-6-18-38(43)36-29-31-53-49(32-36)56(47-26-14-15-27-52(47)59-53)45-24-12-9-20-40(45)41-21-10-13-25-46(41)56/h3-9,11-20,22-34,54,57H,10,21H2,1-2H3. The molecule has 2 aliphatic heterocycles. The second kappa shape index (κ2) is 12.8. The maximum atomic E-state index is 6.80. The summed E-state index contributed by atoms with van der Waals surface area (Å²) in [4.78, 5) is 5.57. The second-order valence-corrected chi connectivity index (χ2v) is 16.9. The van der Waals surface area contributed by atoms with E-state index >= 15 is 0 Å². The summed E-state index contributed by atoms with van der Waals surface area (Å²) in [6.45, 7) is 4.68. The van der Waals surface area contributed by atoms with Crippen LogP contribution in [0.2, 0.25) is 0 Å². The monoisotopic (exact) mass is 758 g/mol. The van der Waals surface area contributed by atoms with Gasteiger partial charge in [0.25, 0.3) is 0 Å². The third-order valence-corrected chi connectivity index (χ3v) is 13.5. The van der Waals surface area contributed by atoms with Crippen LogP contribution in [-0.2, 0) is 10.8 Å². The van der Waals surface area contributed by atoms with E-state index in [2.05, 4.69) is 201 Å². The molecule has 0 aromatic heterocycles. The number of benzene rings is 7. The number of ether oxygens (including phenoxy) is 1. The molecule has 3 aliphatic carbocycles. The van der Waals surface area contributed by atoms with Crippen molar-refractivity contribution in [3.63, 3.8) is 0 Å². The molecular weight excluding hydrogens is 717 g/mol. The first-order valence-corrected chi connectivity index (χ1v) is 20.9. The lowest BCUT2D eigenvalue weighted by Crippen LogP contribution is -2.33. The summed E-state index contributed by atoms with van der Waals surface area (Å²) in [6.07, 6.45) is 8.73. The number of aliphatic imine (C=N–C) groups is 1. The Bertz CT molecular complexity index is 3030. The van der Waals surface area contributed by atoms with E-state index in [0.29, 0.717) is 0 Å². The Labute approximate surface area is 345 Å². The van der Waals surface area contributed by atoms with Crippen LogP contribution in [-0.4, -0.2) is 5.71 Å². The SMILES string of the molecule is CC1(C)c2ccccc2-c2ccc(C3=NC(c4ccccc4-c4ccc5c(c4)C4(C6=C(CCC=C6)c6ccccc64)c4ccccc4O5)NC(c4ccccc4)=C3)cc21. The number of allylic oxidation sites excluding steroid dienone is 5. The third kappa shape index (κ3) is 4.91. The van der Waals surface area contributed by atoms with Gasteiger partial charge in [0, 0.05) is 33.4 Å². The largest absolute Gasteiger partial charge is 0.457 e. The minimum atomic E-state index is -0.489. The Kier molecular flexibility index (Phi) is 7.38.